The van der Waals surface area contributed by atoms with Crippen molar-refractivity contribution < 1.29 is 14.7 Å². The zero-order valence-electron chi connectivity index (χ0n) is 12.4. The van der Waals surface area contributed by atoms with Gasteiger partial charge < -0.3 is 15.7 Å². The van der Waals surface area contributed by atoms with E-state index in [4.69, 9.17) is 5.11 Å². The fourth-order valence-electron chi connectivity index (χ4n) is 1.51. The number of thioether (sulfide) groups is 1. The molecule has 0 spiro atoms. The van der Waals surface area contributed by atoms with Gasteiger partial charge in [-0.15, -0.1) is 0 Å². The first kappa shape index (κ1) is 18.1. The van der Waals surface area contributed by atoms with Crippen molar-refractivity contribution in [2.75, 3.05) is 11.5 Å². The third kappa shape index (κ3) is 8.75. The molecule has 19 heavy (non-hydrogen) atoms. The van der Waals surface area contributed by atoms with Crippen LogP contribution in [0.3, 0.4) is 0 Å². The number of rotatable bonds is 7. The molecule has 3 N–H and O–H groups in total. The van der Waals surface area contributed by atoms with E-state index in [1.54, 1.807) is 11.8 Å². The number of carbonyl (C=O) groups excluding carboxylic acids is 1. The van der Waals surface area contributed by atoms with Crippen molar-refractivity contribution in [1.29, 1.82) is 0 Å². The Labute approximate surface area is 119 Å². The van der Waals surface area contributed by atoms with E-state index < -0.39 is 12.0 Å². The number of urea groups is 1. The van der Waals surface area contributed by atoms with Crippen LogP contribution in [0.25, 0.3) is 0 Å². The highest BCUT2D eigenvalue weighted by Gasteiger charge is 2.28. The van der Waals surface area contributed by atoms with Crippen LogP contribution >= 0.6 is 11.8 Å². The number of carboxylic acids is 1. The van der Waals surface area contributed by atoms with E-state index in [1.165, 1.54) is 0 Å². The highest BCUT2D eigenvalue weighted by molar-refractivity contribution is 7.99. The van der Waals surface area contributed by atoms with Gasteiger partial charge in [0.2, 0.25) is 0 Å². The van der Waals surface area contributed by atoms with Crippen molar-refractivity contribution in [1.82, 2.24) is 10.6 Å². The number of carbonyl (C=O) groups is 2. The Morgan fingerprint density at radius 2 is 1.84 bits per heavy atom. The summed E-state index contributed by atoms with van der Waals surface area (Å²) in [6.45, 7) is 9.75. The molecule has 0 rings (SSSR count). The maximum atomic E-state index is 11.8. The smallest absolute Gasteiger partial charge is 0.315 e. The molecule has 0 saturated heterocycles. The van der Waals surface area contributed by atoms with Crippen molar-refractivity contribution in [2.45, 2.75) is 53.1 Å². The van der Waals surface area contributed by atoms with Gasteiger partial charge in [0.25, 0.3) is 0 Å². The summed E-state index contributed by atoms with van der Waals surface area (Å²) in [6.07, 6.45) is -0.0744. The highest BCUT2D eigenvalue weighted by atomic mass is 32.2. The number of nitrogens with one attached hydrogen (secondary N) is 2. The Kier molecular flexibility index (Phi) is 7.90. The summed E-state index contributed by atoms with van der Waals surface area (Å²) in [7, 11) is 0. The van der Waals surface area contributed by atoms with Crippen LogP contribution in [0.4, 0.5) is 4.79 Å². The van der Waals surface area contributed by atoms with E-state index in [-0.39, 0.29) is 23.9 Å². The zero-order valence-corrected chi connectivity index (χ0v) is 13.3. The van der Waals surface area contributed by atoms with E-state index in [1.807, 2.05) is 27.7 Å². The molecule has 0 aromatic heterocycles. The van der Waals surface area contributed by atoms with Crippen molar-refractivity contribution >= 4 is 23.8 Å². The largest absolute Gasteiger partial charge is 0.481 e. The molecule has 0 fully saturated rings. The van der Waals surface area contributed by atoms with Gasteiger partial charge in [-0.1, -0.05) is 27.7 Å². The molecular formula is C13H26N2O3S. The van der Waals surface area contributed by atoms with Gasteiger partial charge in [0, 0.05) is 17.8 Å². The molecule has 0 aliphatic carbocycles. The molecule has 0 heterocycles. The van der Waals surface area contributed by atoms with Crippen molar-refractivity contribution in [3.8, 4) is 0 Å². The summed E-state index contributed by atoms with van der Waals surface area (Å²) in [6, 6.07) is -0.628. The summed E-state index contributed by atoms with van der Waals surface area (Å²) in [5.74, 6) is 0.954. The molecule has 2 unspecified atom stereocenters. The molecule has 5 nitrogen and oxygen atoms in total. The van der Waals surface area contributed by atoms with Gasteiger partial charge in [-0.3, -0.25) is 4.79 Å². The molecule has 6 heteroatoms. The Morgan fingerprint density at radius 3 is 2.26 bits per heavy atom. The Hall–Kier alpha value is -0.910. The van der Waals surface area contributed by atoms with Gasteiger partial charge in [-0.25, -0.2) is 4.79 Å². The van der Waals surface area contributed by atoms with Crippen LogP contribution in [0, 0.1) is 5.41 Å². The quantitative estimate of drug-likeness (QED) is 0.672. The molecule has 0 aliphatic rings. The molecule has 2 amide bonds. The molecule has 0 radical (unpaired) electrons. The average Bonchev–Trinajstić information content (AvgIpc) is 2.23. The lowest BCUT2D eigenvalue weighted by Crippen LogP contribution is -2.51. The predicted molar refractivity (Wildman–Crippen MR) is 79.6 cm³/mol. The average molecular weight is 290 g/mol. The lowest BCUT2D eigenvalue weighted by Gasteiger charge is -2.30. The van der Waals surface area contributed by atoms with Gasteiger partial charge in [0.05, 0.1) is 6.42 Å². The maximum absolute atomic E-state index is 11.8. The van der Waals surface area contributed by atoms with Gasteiger partial charge in [-0.05, 0) is 18.1 Å². The van der Waals surface area contributed by atoms with E-state index in [0.717, 1.165) is 11.5 Å². The zero-order chi connectivity index (χ0) is 15.1. The van der Waals surface area contributed by atoms with Crippen molar-refractivity contribution in [3.63, 3.8) is 0 Å². The summed E-state index contributed by atoms with van der Waals surface area (Å²) >= 11 is 1.76. The molecule has 0 aromatic carbocycles. The molecule has 0 bridgehead atoms. The normalized spacial score (nSPS) is 14.6. The van der Waals surface area contributed by atoms with E-state index in [0.29, 0.717) is 0 Å². The van der Waals surface area contributed by atoms with Crippen molar-refractivity contribution in [2.24, 2.45) is 5.41 Å². The molecule has 0 saturated carbocycles. The summed E-state index contributed by atoms with van der Waals surface area (Å²) in [5, 5.41) is 14.5. The Bertz CT molecular complexity index is 303. The first-order valence-corrected chi connectivity index (χ1v) is 7.68. The minimum Gasteiger partial charge on any atom is -0.481 e. The second kappa shape index (κ2) is 8.30. The molecule has 112 valence electrons. The topological polar surface area (TPSA) is 78.4 Å². The number of hydrogen-bond acceptors (Lipinski definition) is 3. The van der Waals surface area contributed by atoms with E-state index in [2.05, 4.69) is 17.6 Å². The van der Waals surface area contributed by atoms with Crippen LogP contribution in [0.1, 0.15) is 41.0 Å². The van der Waals surface area contributed by atoms with Crippen LogP contribution in [-0.2, 0) is 4.79 Å². The lowest BCUT2D eigenvalue weighted by molar-refractivity contribution is -0.138. The SMILES string of the molecule is CCSCC(C)NC(=O)NC(CC(=O)O)C(C)(C)C. The summed E-state index contributed by atoms with van der Waals surface area (Å²) < 4.78 is 0. The fraction of sp³-hybridized carbons (Fsp3) is 0.846. The molecule has 2 atom stereocenters. The molecule has 0 aliphatic heterocycles. The van der Waals surface area contributed by atoms with E-state index in [9.17, 15) is 9.59 Å². The van der Waals surface area contributed by atoms with Gasteiger partial charge in [0.1, 0.15) is 0 Å². The number of amides is 2. The monoisotopic (exact) mass is 290 g/mol. The minimum absolute atomic E-state index is 0.0652. The summed E-state index contributed by atoms with van der Waals surface area (Å²) in [4.78, 5) is 22.7. The maximum Gasteiger partial charge on any atom is 0.315 e. The van der Waals surface area contributed by atoms with Gasteiger partial charge in [0.15, 0.2) is 0 Å². The third-order valence-corrected chi connectivity index (χ3v) is 3.82. The van der Waals surface area contributed by atoms with Crippen molar-refractivity contribution in [3.05, 3.63) is 0 Å². The Morgan fingerprint density at radius 1 is 1.26 bits per heavy atom. The second-order valence-corrected chi connectivity index (χ2v) is 7.01. The second-order valence-electron chi connectivity index (χ2n) is 5.69. The van der Waals surface area contributed by atoms with Gasteiger partial charge >= 0.3 is 12.0 Å². The fourth-order valence-corrected chi connectivity index (χ4v) is 2.18. The first-order valence-electron chi connectivity index (χ1n) is 6.53. The van der Waals surface area contributed by atoms with Crippen LogP contribution in [0.5, 0.6) is 0 Å². The van der Waals surface area contributed by atoms with Crippen LogP contribution in [-0.4, -0.2) is 40.7 Å². The molecular weight excluding hydrogens is 264 g/mol. The van der Waals surface area contributed by atoms with E-state index >= 15 is 0 Å². The minimum atomic E-state index is -0.908. The standard InChI is InChI=1S/C13H26N2O3S/c1-6-19-8-9(2)14-12(18)15-10(7-11(16)17)13(3,4)5/h9-10H,6-8H2,1-5H3,(H,16,17)(H2,14,15,18). The predicted octanol–water partition coefficient (Wildman–Crippen LogP) is 2.32. The first-order chi connectivity index (χ1) is 8.66. The molecule has 0 aromatic rings. The summed E-state index contributed by atoms with van der Waals surface area (Å²) in [5.41, 5.74) is -0.295. The highest BCUT2D eigenvalue weighted by Crippen LogP contribution is 2.21. The Balaban J connectivity index is 4.35. The van der Waals surface area contributed by atoms with Crippen LogP contribution < -0.4 is 10.6 Å². The third-order valence-electron chi connectivity index (χ3n) is 2.68. The number of aliphatic carboxylic acids is 1. The van der Waals surface area contributed by atoms with Gasteiger partial charge in [-0.2, -0.15) is 11.8 Å². The lowest BCUT2D eigenvalue weighted by atomic mass is 9.85. The van der Waals surface area contributed by atoms with Crippen LogP contribution in [0.15, 0.2) is 0 Å². The number of carboxylic acid groups (broad SMARTS) is 1. The van der Waals surface area contributed by atoms with Crippen LogP contribution in [0.2, 0.25) is 0 Å². The number of hydrogen-bond donors (Lipinski definition) is 3.